The molecule has 8 nitrogen and oxygen atoms in total. The van der Waals surface area contributed by atoms with E-state index in [1.807, 2.05) is 4.57 Å². The Hall–Kier alpha value is -2.61. The number of amides is 1. The van der Waals surface area contributed by atoms with Gasteiger partial charge in [0.2, 0.25) is 0 Å². The lowest BCUT2D eigenvalue weighted by atomic mass is 10.0. The van der Waals surface area contributed by atoms with Crippen molar-refractivity contribution < 1.29 is 24.5 Å². The Balaban J connectivity index is 2.04. The molecule has 1 aromatic heterocycles. The summed E-state index contributed by atoms with van der Waals surface area (Å²) < 4.78 is 12.1. The fraction of sp³-hybridized carbons (Fsp3) is 0.400. The number of carbonyl (C=O) groups is 1. The maximum absolute atomic E-state index is 11.0. The van der Waals surface area contributed by atoms with Crippen LogP contribution < -0.4 is 15.8 Å². The zero-order chi connectivity index (χ0) is 16.5. The zero-order valence-corrected chi connectivity index (χ0v) is 12.7. The van der Waals surface area contributed by atoms with Crippen molar-refractivity contribution in [1.82, 2.24) is 9.88 Å². The van der Waals surface area contributed by atoms with Crippen molar-refractivity contribution in [3.63, 3.8) is 0 Å². The van der Waals surface area contributed by atoms with Gasteiger partial charge in [0.05, 0.1) is 24.1 Å². The maximum Gasteiger partial charge on any atom is 0.404 e. The van der Waals surface area contributed by atoms with Gasteiger partial charge < -0.3 is 35.3 Å². The second-order valence-electron chi connectivity index (χ2n) is 5.91. The highest BCUT2D eigenvalue weighted by atomic mass is 16.5. The van der Waals surface area contributed by atoms with E-state index in [1.54, 1.807) is 6.92 Å². The number of nitrogens with zero attached hydrogens (tertiary/aromatic N) is 1. The number of hydrogen-bond donors (Lipinski definition) is 4. The smallest absolute Gasteiger partial charge is 0.404 e. The van der Waals surface area contributed by atoms with Gasteiger partial charge in [0.25, 0.3) is 0 Å². The van der Waals surface area contributed by atoms with E-state index in [-0.39, 0.29) is 29.9 Å². The summed E-state index contributed by atoms with van der Waals surface area (Å²) in [6, 6.07) is 0.449. The molecular weight excluding hydrogens is 302 g/mol. The van der Waals surface area contributed by atoms with E-state index < -0.39 is 6.09 Å². The first kappa shape index (κ1) is 14.0. The van der Waals surface area contributed by atoms with Gasteiger partial charge in [0.15, 0.2) is 11.5 Å². The summed E-state index contributed by atoms with van der Waals surface area (Å²) in [5.74, 6) is 0.197. The van der Waals surface area contributed by atoms with Crippen LogP contribution in [0.4, 0.5) is 4.79 Å². The lowest BCUT2D eigenvalue weighted by Gasteiger charge is -2.13. The number of rotatable bonds is 3. The van der Waals surface area contributed by atoms with Crippen molar-refractivity contribution in [3.8, 4) is 17.2 Å². The molecule has 0 spiro atoms. The number of aromatic nitrogens is 1. The molecule has 1 amide bonds. The van der Waals surface area contributed by atoms with Crippen LogP contribution in [0.15, 0.2) is 0 Å². The first-order chi connectivity index (χ1) is 11.0. The highest BCUT2D eigenvalue weighted by molar-refractivity contribution is 5.99. The van der Waals surface area contributed by atoms with E-state index in [4.69, 9.17) is 15.2 Å². The number of fused-ring (bicyclic) bond motifs is 5. The van der Waals surface area contributed by atoms with Crippen molar-refractivity contribution >= 4 is 17.0 Å². The molecule has 1 saturated heterocycles. The Kier molecular flexibility index (Phi) is 2.71. The normalized spacial score (nSPS) is 21.1. The van der Waals surface area contributed by atoms with Gasteiger partial charge in [-0.2, -0.15) is 0 Å². The van der Waals surface area contributed by atoms with Crippen LogP contribution >= 0.6 is 0 Å². The molecule has 0 bridgehead atoms. The Morgan fingerprint density at radius 1 is 1.43 bits per heavy atom. The Bertz CT molecular complexity index is 857. The van der Waals surface area contributed by atoms with Crippen LogP contribution in [0.25, 0.3) is 10.9 Å². The highest BCUT2D eigenvalue weighted by Gasteiger charge is 2.49. The largest absolute Gasteiger partial charge is 0.505 e. The fourth-order valence-corrected chi connectivity index (χ4v) is 3.65. The molecule has 5 N–H and O–H groups in total. The van der Waals surface area contributed by atoms with Gasteiger partial charge in [-0.1, -0.05) is 0 Å². The lowest BCUT2D eigenvalue weighted by Crippen LogP contribution is -2.13. The van der Waals surface area contributed by atoms with Gasteiger partial charge in [-0.15, -0.1) is 0 Å². The molecule has 1 fully saturated rings. The van der Waals surface area contributed by atoms with Gasteiger partial charge in [-0.3, -0.25) is 0 Å². The number of carbonyl (C=O) groups excluding carboxylic acids is 1. The Morgan fingerprint density at radius 3 is 2.83 bits per heavy atom. The molecule has 2 aromatic rings. The second kappa shape index (κ2) is 4.45. The summed E-state index contributed by atoms with van der Waals surface area (Å²) in [5.41, 5.74) is 7.62. The predicted octanol–water partition coefficient (Wildman–Crippen LogP) is 0.991. The van der Waals surface area contributed by atoms with Crippen molar-refractivity contribution in [2.75, 3.05) is 7.11 Å². The molecule has 1 aromatic carbocycles. The number of primary amides is 1. The minimum absolute atomic E-state index is 0.0579. The molecule has 8 heteroatoms. The first-order valence-corrected chi connectivity index (χ1v) is 7.27. The summed E-state index contributed by atoms with van der Waals surface area (Å²) in [5, 5.41) is 24.9. The van der Waals surface area contributed by atoms with Crippen molar-refractivity contribution in [3.05, 3.63) is 16.8 Å². The summed E-state index contributed by atoms with van der Waals surface area (Å²) >= 11 is 0. The third kappa shape index (κ3) is 1.72. The van der Waals surface area contributed by atoms with Crippen LogP contribution in [0, 0.1) is 6.92 Å². The quantitative estimate of drug-likeness (QED) is 0.493. The average molecular weight is 319 g/mol. The van der Waals surface area contributed by atoms with Crippen LogP contribution in [-0.2, 0) is 17.9 Å². The Labute approximate surface area is 131 Å². The first-order valence-electron chi connectivity index (χ1n) is 7.27. The fourth-order valence-electron chi connectivity index (χ4n) is 3.65. The molecule has 3 heterocycles. The number of ether oxygens (including phenoxy) is 2. The zero-order valence-electron chi connectivity index (χ0n) is 12.7. The van der Waals surface area contributed by atoms with Crippen LogP contribution in [0.2, 0.25) is 0 Å². The van der Waals surface area contributed by atoms with Gasteiger partial charge in [-0.25, -0.2) is 4.79 Å². The Morgan fingerprint density at radius 2 is 2.17 bits per heavy atom. The maximum atomic E-state index is 11.0. The highest BCUT2D eigenvalue weighted by Crippen LogP contribution is 2.52. The number of nitrogens with one attached hydrogen (secondary N) is 1. The van der Waals surface area contributed by atoms with Crippen LogP contribution in [0.5, 0.6) is 17.2 Å². The topological polar surface area (TPSA) is 129 Å². The number of hydrogen-bond acceptors (Lipinski definition) is 6. The minimum Gasteiger partial charge on any atom is -0.505 e. The van der Waals surface area contributed by atoms with Crippen molar-refractivity contribution in [1.29, 1.82) is 0 Å². The lowest BCUT2D eigenvalue weighted by molar-refractivity contribution is 0.150. The summed E-state index contributed by atoms with van der Waals surface area (Å²) in [7, 11) is 1.43. The summed E-state index contributed by atoms with van der Waals surface area (Å²) in [6.45, 7) is 2.30. The van der Waals surface area contributed by atoms with Gasteiger partial charge in [-0.05, 0) is 6.92 Å². The number of phenols is 2. The number of methoxy groups -OCH3 is 1. The van der Waals surface area contributed by atoms with Crippen LogP contribution in [0.1, 0.15) is 22.9 Å². The molecule has 23 heavy (non-hydrogen) atoms. The van der Waals surface area contributed by atoms with E-state index in [0.717, 1.165) is 5.69 Å². The van der Waals surface area contributed by atoms with E-state index >= 15 is 0 Å². The molecule has 0 radical (unpaired) electrons. The molecule has 4 rings (SSSR count). The molecule has 2 aliphatic rings. The van der Waals surface area contributed by atoms with E-state index in [0.29, 0.717) is 34.6 Å². The number of phenolic OH excluding ortho intramolecular Hbond substituents is 2. The molecule has 0 saturated carbocycles. The van der Waals surface area contributed by atoms with Gasteiger partial charge in [0, 0.05) is 29.4 Å². The minimum atomic E-state index is -0.890. The number of aromatic hydroxyl groups is 2. The standard InChI is InChI=1S/C15H17N3O5/c1-5-12(19)11-8(13(20)14(5)22-2)6(4-23-15(16)21)10-9-7(17-9)3-18(10)11/h7,9,17,19-20H,3-4H2,1-2H3,(H2,16,21)/t7-,9-/m0/s1. The number of benzene rings is 1. The number of nitrogens with two attached hydrogens (primary N) is 1. The molecule has 0 unspecified atom stereocenters. The van der Waals surface area contributed by atoms with Crippen LogP contribution in [-0.4, -0.2) is 34.0 Å². The van der Waals surface area contributed by atoms with E-state index in [2.05, 4.69) is 5.32 Å². The van der Waals surface area contributed by atoms with Gasteiger partial charge >= 0.3 is 6.09 Å². The predicted molar refractivity (Wildman–Crippen MR) is 80.6 cm³/mol. The molecule has 0 aliphatic carbocycles. The van der Waals surface area contributed by atoms with Crippen molar-refractivity contribution in [2.24, 2.45) is 5.73 Å². The third-order valence-electron chi connectivity index (χ3n) is 4.70. The average Bonchev–Trinajstić information content (AvgIpc) is 3.04. The second-order valence-corrected chi connectivity index (χ2v) is 5.91. The molecule has 122 valence electrons. The van der Waals surface area contributed by atoms with Gasteiger partial charge in [0.1, 0.15) is 12.4 Å². The van der Waals surface area contributed by atoms with Crippen LogP contribution in [0.3, 0.4) is 0 Å². The SMILES string of the molecule is COc1c(C)c(O)c2c(c1O)c(COC(N)=O)c1n2C[C@@H]2N[C@H]12. The molecule has 2 atom stereocenters. The summed E-state index contributed by atoms with van der Waals surface area (Å²) in [4.78, 5) is 11.0. The van der Waals surface area contributed by atoms with Crippen molar-refractivity contribution in [2.45, 2.75) is 32.2 Å². The summed E-state index contributed by atoms with van der Waals surface area (Å²) in [6.07, 6.45) is -0.890. The third-order valence-corrected chi connectivity index (χ3v) is 4.70. The van der Waals surface area contributed by atoms with E-state index in [9.17, 15) is 15.0 Å². The molecular formula is C15H17N3O5. The monoisotopic (exact) mass is 319 g/mol. The molecule has 2 aliphatic heterocycles. The van der Waals surface area contributed by atoms with E-state index in [1.165, 1.54) is 7.11 Å².